The first-order valence-electron chi connectivity index (χ1n) is 6.72. The number of nitrogens with zero attached hydrogens (tertiary/aromatic N) is 2. The van der Waals surface area contributed by atoms with Gasteiger partial charge >= 0.3 is 0 Å². The van der Waals surface area contributed by atoms with Crippen molar-refractivity contribution >= 4 is 5.91 Å². The van der Waals surface area contributed by atoms with Crippen molar-refractivity contribution in [2.45, 2.75) is 38.2 Å². The van der Waals surface area contributed by atoms with Crippen LogP contribution in [0.4, 0.5) is 0 Å². The van der Waals surface area contributed by atoms with Crippen LogP contribution in [0.5, 0.6) is 0 Å². The Labute approximate surface area is 106 Å². The Morgan fingerprint density at radius 1 is 1.50 bits per heavy atom. The third-order valence-electron chi connectivity index (χ3n) is 4.05. The summed E-state index contributed by atoms with van der Waals surface area (Å²) in [6, 6.07) is 0. The fraction of sp³-hybridized carbons (Fsp3) is 0.692. The Hall–Kier alpha value is -1.36. The molecule has 2 heterocycles. The van der Waals surface area contributed by atoms with Gasteiger partial charge in [-0.25, -0.2) is 4.98 Å². The second-order valence-electron chi connectivity index (χ2n) is 5.35. The second-order valence-corrected chi connectivity index (χ2v) is 5.35. The molecule has 2 atom stereocenters. The van der Waals surface area contributed by atoms with Gasteiger partial charge < -0.3 is 15.0 Å². The van der Waals surface area contributed by atoms with Gasteiger partial charge in [0, 0.05) is 31.1 Å². The van der Waals surface area contributed by atoms with Crippen LogP contribution in [0.2, 0.25) is 0 Å². The van der Waals surface area contributed by atoms with Crippen molar-refractivity contribution in [1.82, 2.24) is 14.9 Å². The Morgan fingerprint density at radius 2 is 2.39 bits per heavy atom. The number of aliphatic hydroxyl groups is 1. The zero-order valence-corrected chi connectivity index (χ0v) is 10.4. The Balaban J connectivity index is 1.67. The summed E-state index contributed by atoms with van der Waals surface area (Å²) in [6.07, 6.45) is 5.63. The fourth-order valence-electron chi connectivity index (χ4n) is 3.02. The molecule has 0 saturated carbocycles. The van der Waals surface area contributed by atoms with Crippen LogP contribution < -0.4 is 0 Å². The SMILES string of the molecule is O=C([C@H]1CCc2nc[nH]c2C1)N1CCC[C@H](O)C1. The number of aromatic amines is 1. The van der Waals surface area contributed by atoms with E-state index in [2.05, 4.69) is 9.97 Å². The van der Waals surface area contributed by atoms with Gasteiger partial charge in [0.15, 0.2) is 0 Å². The predicted molar refractivity (Wildman–Crippen MR) is 65.9 cm³/mol. The first-order chi connectivity index (χ1) is 8.74. The van der Waals surface area contributed by atoms with Gasteiger partial charge in [0.05, 0.1) is 18.1 Å². The molecule has 0 radical (unpaired) electrons. The molecular weight excluding hydrogens is 230 g/mol. The number of carbonyl (C=O) groups is 1. The van der Waals surface area contributed by atoms with E-state index in [9.17, 15) is 9.90 Å². The number of aromatic nitrogens is 2. The van der Waals surface area contributed by atoms with E-state index in [-0.39, 0.29) is 17.9 Å². The molecule has 1 aromatic rings. The molecule has 1 saturated heterocycles. The summed E-state index contributed by atoms with van der Waals surface area (Å²) in [6.45, 7) is 1.30. The van der Waals surface area contributed by atoms with Gasteiger partial charge in [-0.2, -0.15) is 0 Å². The smallest absolute Gasteiger partial charge is 0.226 e. The van der Waals surface area contributed by atoms with E-state index >= 15 is 0 Å². The molecule has 2 N–H and O–H groups in total. The number of H-pyrrole nitrogens is 1. The highest BCUT2D eigenvalue weighted by Gasteiger charge is 2.31. The van der Waals surface area contributed by atoms with Crippen LogP contribution in [-0.2, 0) is 17.6 Å². The van der Waals surface area contributed by atoms with Gasteiger partial charge in [-0.05, 0) is 25.7 Å². The van der Waals surface area contributed by atoms with Gasteiger partial charge in [-0.1, -0.05) is 0 Å². The van der Waals surface area contributed by atoms with Gasteiger partial charge in [0.1, 0.15) is 0 Å². The van der Waals surface area contributed by atoms with Gasteiger partial charge in [-0.3, -0.25) is 4.79 Å². The van der Waals surface area contributed by atoms with Crippen LogP contribution in [0.15, 0.2) is 6.33 Å². The number of rotatable bonds is 1. The maximum atomic E-state index is 12.4. The van der Waals surface area contributed by atoms with Crippen LogP contribution in [0.3, 0.4) is 0 Å². The highest BCUT2D eigenvalue weighted by atomic mass is 16.3. The minimum Gasteiger partial charge on any atom is -0.391 e. The summed E-state index contributed by atoms with van der Waals surface area (Å²) in [5.74, 6) is 0.261. The average molecular weight is 249 g/mol. The number of hydrogen-bond donors (Lipinski definition) is 2. The van der Waals surface area contributed by atoms with Crippen molar-refractivity contribution in [2.24, 2.45) is 5.92 Å². The van der Waals surface area contributed by atoms with Gasteiger partial charge in [0.25, 0.3) is 0 Å². The van der Waals surface area contributed by atoms with Crippen molar-refractivity contribution in [3.05, 3.63) is 17.7 Å². The minimum atomic E-state index is -0.339. The molecule has 3 rings (SSSR count). The molecule has 2 aliphatic rings. The molecule has 1 aliphatic carbocycles. The quantitative estimate of drug-likeness (QED) is 0.761. The van der Waals surface area contributed by atoms with E-state index in [0.29, 0.717) is 6.54 Å². The highest BCUT2D eigenvalue weighted by molar-refractivity contribution is 5.79. The lowest BCUT2D eigenvalue weighted by molar-refractivity contribution is -0.139. The van der Waals surface area contributed by atoms with E-state index in [4.69, 9.17) is 0 Å². The predicted octanol–water partition coefficient (Wildman–Crippen LogP) is 0.498. The first kappa shape index (κ1) is 11.7. The zero-order valence-electron chi connectivity index (χ0n) is 10.4. The standard InChI is InChI=1S/C13H19N3O2/c17-10-2-1-5-16(7-10)13(18)9-3-4-11-12(6-9)15-8-14-11/h8-10,17H,1-7H2,(H,14,15)/t9-,10-/m0/s1. The van der Waals surface area contributed by atoms with E-state index < -0.39 is 0 Å². The monoisotopic (exact) mass is 249 g/mol. The number of carbonyl (C=O) groups excluding carboxylic acids is 1. The third kappa shape index (κ3) is 2.14. The zero-order chi connectivity index (χ0) is 12.5. The number of aliphatic hydroxyl groups excluding tert-OH is 1. The van der Waals surface area contributed by atoms with Crippen molar-refractivity contribution in [1.29, 1.82) is 0 Å². The fourth-order valence-corrected chi connectivity index (χ4v) is 3.02. The molecule has 0 aromatic carbocycles. The summed E-state index contributed by atoms with van der Waals surface area (Å²) in [5.41, 5.74) is 2.22. The van der Waals surface area contributed by atoms with E-state index in [1.165, 1.54) is 0 Å². The van der Waals surface area contributed by atoms with Gasteiger partial charge in [-0.15, -0.1) is 0 Å². The minimum absolute atomic E-state index is 0.0586. The molecule has 5 heteroatoms. The molecular formula is C13H19N3O2. The van der Waals surface area contributed by atoms with Crippen molar-refractivity contribution in [3.8, 4) is 0 Å². The number of piperidine rings is 1. The van der Waals surface area contributed by atoms with Crippen LogP contribution in [0.1, 0.15) is 30.7 Å². The van der Waals surface area contributed by atoms with Crippen molar-refractivity contribution in [2.75, 3.05) is 13.1 Å². The Morgan fingerprint density at radius 3 is 3.22 bits per heavy atom. The third-order valence-corrected chi connectivity index (χ3v) is 4.05. The molecule has 1 fully saturated rings. The van der Waals surface area contributed by atoms with Crippen molar-refractivity contribution in [3.63, 3.8) is 0 Å². The van der Waals surface area contributed by atoms with Crippen molar-refractivity contribution < 1.29 is 9.90 Å². The van der Waals surface area contributed by atoms with Crippen LogP contribution in [-0.4, -0.2) is 45.1 Å². The number of β-amino-alcohol motifs (C(OH)–C–C–N with tert-alkyl or cyclic N) is 1. The first-order valence-corrected chi connectivity index (χ1v) is 6.72. The Bertz CT molecular complexity index is 443. The maximum absolute atomic E-state index is 12.4. The summed E-state index contributed by atoms with van der Waals surface area (Å²) >= 11 is 0. The average Bonchev–Trinajstić information content (AvgIpc) is 2.85. The maximum Gasteiger partial charge on any atom is 0.226 e. The highest BCUT2D eigenvalue weighted by Crippen LogP contribution is 2.25. The number of nitrogens with one attached hydrogen (secondary N) is 1. The molecule has 98 valence electrons. The topological polar surface area (TPSA) is 69.2 Å². The van der Waals surface area contributed by atoms with E-state index in [0.717, 1.165) is 50.0 Å². The van der Waals surface area contributed by atoms with Crippen LogP contribution in [0, 0.1) is 5.92 Å². The largest absolute Gasteiger partial charge is 0.391 e. The molecule has 1 aromatic heterocycles. The summed E-state index contributed by atoms with van der Waals surface area (Å²) in [4.78, 5) is 21.6. The molecule has 0 spiro atoms. The lowest BCUT2D eigenvalue weighted by Gasteiger charge is -2.33. The normalized spacial score (nSPS) is 27.9. The summed E-state index contributed by atoms with van der Waals surface area (Å²) in [7, 11) is 0. The number of fused-ring (bicyclic) bond motifs is 1. The lowest BCUT2D eigenvalue weighted by atomic mass is 9.88. The molecule has 1 aliphatic heterocycles. The second kappa shape index (κ2) is 4.72. The molecule has 5 nitrogen and oxygen atoms in total. The number of hydrogen-bond acceptors (Lipinski definition) is 3. The number of imidazole rings is 1. The van der Waals surface area contributed by atoms with E-state index in [1.54, 1.807) is 6.33 Å². The van der Waals surface area contributed by atoms with Crippen LogP contribution >= 0.6 is 0 Å². The number of aryl methyl sites for hydroxylation is 1. The molecule has 18 heavy (non-hydrogen) atoms. The van der Waals surface area contributed by atoms with Gasteiger partial charge in [0.2, 0.25) is 5.91 Å². The lowest BCUT2D eigenvalue weighted by Crippen LogP contribution is -2.45. The van der Waals surface area contributed by atoms with E-state index in [1.807, 2.05) is 4.90 Å². The summed E-state index contributed by atoms with van der Waals surface area (Å²) < 4.78 is 0. The van der Waals surface area contributed by atoms with Crippen LogP contribution in [0.25, 0.3) is 0 Å². The molecule has 0 unspecified atom stereocenters. The number of amides is 1. The Kier molecular flexibility index (Phi) is 3.07. The molecule has 0 bridgehead atoms. The molecule has 1 amide bonds. The summed E-state index contributed by atoms with van der Waals surface area (Å²) in [5, 5.41) is 9.64. The number of likely N-dealkylation sites (tertiary alicyclic amines) is 1.